The molecule has 0 fully saturated rings. The molecule has 0 amide bonds. The normalized spacial score (nSPS) is 14.3. The van der Waals surface area contributed by atoms with E-state index in [1.807, 2.05) is 29.9 Å². The van der Waals surface area contributed by atoms with Gasteiger partial charge in [0.25, 0.3) is 0 Å². The third kappa shape index (κ3) is 3.64. The molecule has 0 saturated heterocycles. The molecule has 102 valence electrons. The Morgan fingerprint density at radius 2 is 1.95 bits per heavy atom. The number of aryl methyl sites for hydroxylation is 1. The van der Waals surface area contributed by atoms with Crippen molar-refractivity contribution in [2.24, 2.45) is 7.05 Å². The predicted octanol–water partition coefficient (Wildman–Crippen LogP) is 2.84. The van der Waals surface area contributed by atoms with Crippen LogP contribution in [0.3, 0.4) is 0 Å². The summed E-state index contributed by atoms with van der Waals surface area (Å²) in [5.41, 5.74) is 1.13. The number of halogens is 1. The van der Waals surface area contributed by atoms with Gasteiger partial charge in [-0.25, -0.2) is 9.37 Å². The van der Waals surface area contributed by atoms with Crippen molar-refractivity contribution in [1.29, 1.82) is 0 Å². The summed E-state index contributed by atoms with van der Waals surface area (Å²) in [6, 6.07) is 7.17. The molecular weight excluding hydrogens is 241 g/mol. The van der Waals surface area contributed by atoms with Crippen LogP contribution in [0.2, 0.25) is 0 Å². The fourth-order valence-corrected chi connectivity index (χ4v) is 2.33. The summed E-state index contributed by atoms with van der Waals surface area (Å²) in [4.78, 5) is 4.34. The van der Waals surface area contributed by atoms with Gasteiger partial charge in [0.2, 0.25) is 0 Å². The molecule has 0 bridgehead atoms. The molecule has 1 aromatic heterocycles. The standard InChI is InChI=1S/C15H20FN3/c1-11(10-13-4-6-14(16)7-5-13)18-12(2)15-17-8-9-19(15)3/h4-9,11-12,18H,10H2,1-3H3. The number of aromatic nitrogens is 2. The fourth-order valence-electron chi connectivity index (χ4n) is 2.33. The Bertz CT molecular complexity index is 518. The third-order valence-electron chi connectivity index (χ3n) is 3.24. The molecule has 2 aromatic rings. The molecule has 2 unspecified atom stereocenters. The molecule has 19 heavy (non-hydrogen) atoms. The highest BCUT2D eigenvalue weighted by atomic mass is 19.1. The van der Waals surface area contributed by atoms with Crippen molar-refractivity contribution in [3.63, 3.8) is 0 Å². The van der Waals surface area contributed by atoms with E-state index in [-0.39, 0.29) is 11.9 Å². The molecule has 1 heterocycles. The maximum absolute atomic E-state index is 12.8. The molecule has 0 saturated carbocycles. The topological polar surface area (TPSA) is 29.9 Å². The second kappa shape index (κ2) is 5.97. The molecule has 0 aliphatic heterocycles. The van der Waals surface area contributed by atoms with Gasteiger partial charge in [-0.15, -0.1) is 0 Å². The lowest BCUT2D eigenvalue weighted by molar-refractivity contribution is 0.453. The fraction of sp³-hybridized carbons (Fsp3) is 0.400. The van der Waals surface area contributed by atoms with Crippen LogP contribution in [0, 0.1) is 5.82 Å². The quantitative estimate of drug-likeness (QED) is 0.897. The van der Waals surface area contributed by atoms with Crippen LogP contribution in [0.5, 0.6) is 0 Å². The first-order valence-electron chi connectivity index (χ1n) is 6.54. The highest BCUT2D eigenvalue weighted by molar-refractivity contribution is 5.17. The van der Waals surface area contributed by atoms with Gasteiger partial charge < -0.3 is 9.88 Å². The predicted molar refractivity (Wildman–Crippen MR) is 74.3 cm³/mol. The molecule has 0 radical (unpaired) electrons. The third-order valence-corrected chi connectivity index (χ3v) is 3.24. The van der Waals surface area contributed by atoms with Gasteiger partial charge in [-0.05, 0) is 38.0 Å². The van der Waals surface area contributed by atoms with Crippen molar-refractivity contribution in [3.05, 3.63) is 53.9 Å². The van der Waals surface area contributed by atoms with Crippen LogP contribution in [0.15, 0.2) is 36.7 Å². The number of hydrogen-bond donors (Lipinski definition) is 1. The second-order valence-corrected chi connectivity index (χ2v) is 5.02. The van der Waals surface area contributed by atoms with Crippen LogP contribution in [0.25, 0.3) is 0 Å². The van der Waals surface area contributed by atoms with Crippen molar-refractivity contribution in [2.75, 3.05) is 0 Å². The smallest absolute Gasteiger partial charge is 0.125 e. The number of hydrogen-bond acceptors (Lipinski definition) is 2. The Labute approximate surface area is 113 Å². The SMILES string of the molecule is CC(Cc1ccc(F)cc1)NC(C)c1nccn1C. The molecule has 0 aliphatic rings. The van der Waals surface area contributed by atoms with Gasteiger partial charge in [0.05, 0.1) is 6.04 Å². The maximum Gasteiger partial charge on any atom is 0.125 e. The lowest BCUT2D eigenvalue weighted by Crippen LogP contribution is -2.32. The number of imidazole rings is 1. The molecule has 2 atom stereocenters. The Morgan fingerprint density at radius 3 is 2.53 bits per heavy atom. The van der Waals surface area contributed by atoms with Gasteiger partial charge in [-0.2, -0.15) is 0 Å². The van der Waals surface area contributed by atoms with Crippen LogP contribution in [-0.4, -0.2) is 15.6 Å². The largest absolute Gasteiger partial charge is 0.337 e. The number of rotatable bonds is 5. The highest BCUT2D eigenvalue weighted by Gasteiger charge is 2.13. The van der Waals surface area contributed by atoms with Gasteiger partial charge in [-0.3, -0.25) is 0 Å². The second-order valence-electron chi connectivity index (χ2n) is 5.02. The Kier molecular flexibility index (Phi) is 4.32. The van der Waals surface area contributed by atoms with Crippen molar-refractivity contribution < 1.29 is 4.39 Å². The summed E-state index contributed by atoms with van der Waals surface area (Å²) < 4.78 is 14.9. The first kappa shape index (κ1) is 13.7. The molecular formula is C15H20FN3. The van der Waals surface area contributed by atoms with E-state index in [4.69, 9.17) is 0 Å². The first-order valence-corrected chi connectivity index (χ1v) is 6.54. The first-order chi connectivity index (χ1) is 9.06. The van der Waals surface area contributed by atoms with E-state index in [9.17, 15) is 4.39 Å². The van der Waals surface area contributed by atoms with Gasteiger partial charge in [0, 0.05) is 25.5 Å². The van der Waals surface area contributed by atoms with Crippen LogP contribution in [-0.2, 0) is 13.5 Å². The van der Waals surface area contributed by atoms with Gasteiger partial charge in [0.15, 0.2) is 0 Å². The molecule has 1 aromatic carbocycles. The van der Waals surface area contributed by atoms with E-state index in [2.05, 4.69) is 24.1 Å². The molecule has 0 aliphatic carbocycles. The average Bonchev–Trinajstić information content (AvgIpc) is 2.78. The van der Waals surface area contributed by atoms with Crippen molar-refractivity contribution >= 4 is 0 Å². The van der Waals surface area contributed by atoms with Crippen molar-refractivity contribution in [3.8, 4) is 0 Å². The van der Waals surface area contributed by atoms with Crippen LogP contribution < -0.4 is 5.32 Å². The van der Waals surface area contributed by atoms with Crippen LogP contribution in [0.4, 0.5) is 4.39 Å². The minimum atomic E-state index is -0.189. The van der Waals surface area contributed by atoms with Gasteiger partial charge >= 0.3 is 0 Å². The molecule has 2 rings (SSSR count). The average molecular weight is 261 g/mol. The van der Waals surface area contributed by atoms with Crippen LogP contribution in [0.1, 0.15) is 31.3 Å². The van der Waals surface area contributed by atoms with E-state index in [0.29, 0.717) is 6.04 Å². The Balaban J connectivity index is 1.92. The zero-order valence-corrected chi connectivity index (χ0v) is 11.6. The van der Waals surface area contributed by atoms with Gasteiger partial charge in [0.1, 0.15) is 11.6 Å². The Morgan fingerprint density at radius 1 is 1.26 bits per heavy atom. The van der Waals surface area contributed by atoms with Crippen molar-refractivity contribution in [1.82, 2.24) is 14.9 Å². The zero-order chi connectivity index (χ0) is 13.8. The number of nitrogens with zero attached hydrogens (tertiary/aromatic N) is 2. The van der Waals surface area contributed by atoms with E-state index in [0.717, 1.165) is 17.8 Å². The van der Waals surface area contributed by atoms with E-state index in [1.165, 1.54) is 12.1 Å². The van der Waals surface area contributed by atoms with E-state index >= 15 is 0 Å². The van der Waals surface area contributed by atoms with Crippen molar-refractivity contribution in [2.45, 2.75) is 32.4 Å². The van der Waals surface area contributed by atoms with E-state index in [1.54, 1.807) is 6.20 Å². The summed E-state index contributed by atoms with van der Waals surface area (Å²) >= 11 is 0. The van der Waals surface area contributed by atoms with Crippen LogP contribution >= 0.6 is 0 Å². The summed E-state index contributed by atoms with van der Waals surface area (Å²) in [6.07, 6.45) is 4.62. The highest BCUT2D eigenvalue weighted by Crippen LogP contribution is 2.12. The molecule has 1 N–H and O–H groups in total. The van der Waals surface area contributed by atoms with E-state index < -0.39 is 0 Å². The minimum absolute atomic E-state index is 0.189. The number of nitrogens with one attached hydrogen (secondary N) is 1. The summed E-state index contributed by atoms with van der Waals surface area (Å²) in [6.45, 7) is 4.23. The number of benzene rings is 1. The molecule has 3 nitrogen and oxygen atoms in total. The summed E-state index contributed by atoms with van der Waals surface area (Å²) in [5, 5.41) is 3.51. The minimum Gasteiger partial charge on any atom is -0.337 e. The molecule has 0 spiro atoms. The zero-order valence-electron chi connectivity index (χ0n) is 11.6. The monoisotopic (exact) mass is 261 g/mol. The Hall–Kier alpha value is -1.68. The lowest BCUT2D eigenvalue weighted by Gasteiger charge is -2.20. The summed E-state index contributed by atoms with van der Waals surface area (Å²) in [5.74, 6) is 0.830. The maximum atomic E-state index is 12.8. The molecule has 4 heteroatoms. The lowest BCUT2D eigenvalue weighted by atomic mass is 10.1. The van der Waals surface area contributed by atoms with Gasteiger partial charge in [-0.1, -0.05) is 12.1 Å². The summed E-state index contributed by atoms with van der Waals surface area (Å²) in [7, 11) is 1.99.